The maximum absolute atomic E-state index is 6.39. The van der Waals surface area contributed by atoms with Crippen LogP contribution in [0, 0.1) is 13.8 Å². The van der Waals surface area contributed by atoms with Gasteiger partial charge in [-0.15, -0.1) is 0 Å². The molecule has 1 spiro atoms. The average Bonchev–Trinajstić information content (AvgIpc) is 2.70. The van der Waals surface area contributed by atoms with Gasteiger partial charge in [-0.05, 0) is 56.4 Å². The number of fused-ring (bicyclic) bond motifs is 2. The van der Waals surface area contributed by atoms with Crippen molar-refractivity contribution in [2.45, 2.75) is 38.7 Å². The lowest BCUT2D eigenvalue weighted by atomic mass is 9.79. The number of aromatic nitrogens is 2. The van der Waals surface area contributed by atoms with Crippen LogP contribution >= 0.6 is 0 Å². The highest BCUT2D eigenvalue weighted by atomic mass is 16.5. The molecule has 1 saturated heterocycles. The Balaban J connectivity index is 1.63. The third kappa shape index (κ3) is 3.02. The van der Waals surface area contributed by atoms with Crippen LogP contribution in [0.1, 0.15) is 35.2 Å². The van der Waals surface area contributed by atoms with Crippen molar-refractivity contribution in [1.29, 1.82) is 0 Å². The summed E-state index contributed by atoms with van der Waals surface area (Å²) >= 11 is 0. The minimum absolute atomic E-state index is 0.250. The summed E-state index contributed by atoms with van der Waals surface area (Å²) in [4.78, 5) is 11.2. The Hall–Kier alpha value is -2.34. The molecule has 2 aliphatic rings. The highest BCUT2D eigenvalue weighted by Gasteiger charge is 2.42. The molecule has 2 aliphatic heterocycles. The van der Waals surface area contributed by atoms with Crippen LogP contribution in [-0.2, 0) is 16.8 Å². The van der Waals surface area contributed by atoms with Crippen molar-refractivity contribution in [3.8, 4) is 11.5 Å². The van der Waals surface area contributed by atoms with Crippen LogP contribution in [0.25, 0.3) is 0 Å². The molecule has 6 heteroatoms. The van der Waals surface area contributed by atoms with E-state index in [1.807, 2.05) is 6.92 Å². The lowest BCUT2D eigenvalue weighted by Gasteiger charge is -2.45. The Labute approximate surface area is 160 Å². The van der Waals surface area contributed by atoms with Gasteiger partial charge >= 0.3 is 0 Å². The van der Waals surface area contributed by atoms with Gasteiger partial charge in [0, 0.05) is 24.3 Å². The van der Waals surface area contributed by atoms with Gasteiger partial charge in [0.1, 0.15) is 12.1 Å². The van der Waals surface area contributed by atoms with Crippen LogP contribution in [0.15, 0.2) is 18.5 Å². The van der Waals surface area contributed by atoms with E-state index in [4.69, 9.17) is 14.2 Å². The molecule has 0 aliphatic carbocycles. The van der Waals surface area contributed by atoms with Crippen LogP contribution in [0.3, 0.4) is 0 Å². The number of hydrogen-bond donors (Lipinski definition) is 0. The quantitative estimate of drug-likeness (QED) is 0.828. The van der Waals surface area contributed by atoms with Gasteiger partial charge in [0.15, 0.2) is 11.5 Å². The first-order chi connectivity index (χ1) is 13.1. The molecule has 0 bridgehead atoms. The summed E-state index contributed by atoms with van der Waals surface area (Å²) in [5.74, 6) is 2.60. The number of anilines is 1. The molecule has 0 N–H and O–H groups in total. The number of benzene rings is 1. The fourth-order valence-corrected chi connectivity index (χ4v) is 4.32. The molecule has 3 heterocycles. The minimum atomic E-state index is -0.250. The summed E-state index contributed by atoms with van der Waals surface area (Å²) in [7, 11) is 3.37. The lowest BCUT2D eigenvalue weighted by molar-refractivity contribution is -0.0768. The molecule has 0 amide bonds. The summed E-state index contributed by atoms with van der Waals surface area (Å²) in [5.41, 5.74) is 4.50. The van der Waals surface area contributed by atoms with Gasteiger partial charge in [0.2, 0.25) is 0 Å². The summed E-state index contributed by atoms with van der Waals surface area (Å²) < 4.78 is 17.4. The molecule has 0 radical (unpaired) electrons. The summed E-state index contributed by atoms with van der Waals surface area (Å²) in [6.07, 6.45) is 4.42. The second kappa shape index (κ2) is 7.00. The van der Waals surface area contributed by atoms with Crippen molar-refractivity contribution in [3.05, 3.63) is 40.8 Å². The lowest BCUT2D eigenvalue weighted by Crippen LogP contribution is -2.47. The largest absolute Gasteiger partial charge is 0.493 e. The molecule has 144 valence electrons. The first-order valence-corrected chi connectivity index (χ1v) is 9.50. The molecule has 27 heavy (non-hydrogen) atoms. The van der Waals surface area contributed by atoms with E-state index in [0.29, 0.717) is 0 Å². The highest BCUT2D eigenvalue weighted by molar-refractivity contribution is 5.52. The smallest absolute Gasteiger partial charge is 0.161 e. The third-order valence-electron chi connectivity index (χ3n) is 6.03. The van der Waals surface area contributed by atoms with Gasteiger partial charge in [0.05, 0.1) is 26.4 Å². The molecule has 6 nitrogen and oxygen atoms in total. The van der Waals surface area contributed by atoms with E-state index < -0.39 is 0 Å². The number of hydrogen-bond acceptors (Lipinski definition) is 6. The van der Waals surface area contributed by atoms with E-state index >= 15 is 0 Å². The Kier molecular flexibility index (Phi) is 4.68. The zero-order valence-corrected chi connectivity index (χ0v) is 16.5. The van der Waals surface area contributed by atoms with Gasteiger partial charge < -0.3 is 19.1 Å². The van der Waals surface area contributed by atoms with Crippen molar-refractivity contribution >= 4 is 5.82 Å². The topological polar surface area (TPSA) is 56.7 Å². The first-order valence-electron chi connectivity index (χ1n) is 9.50. The van der Waals surface area contributed by atoms with E-state index in [-0.39, 0.29) is 5.60 Å². The molecule has 0 atom stereocenters. The predicted octanol–water partition coefficient (Wildman–Crippen LogP) is 3.18. The molecule has 4 rings (SSSR count). The number of aryl methyl sites for hydroxylation is 1. The van der Waals surface area contributed by atoms with Crippen molar-refractivity contribution in [3.63, 3.8) is 0 Å². The third-order valence-corrected chi connectivity index (χ3v) is 6.03. The molecular formula is C21H27N3O3. The molecular weight excluding hydrogens is 342 g/mol. The van der Waals surface area contributed by atoms with Crippen molar-refractivity contribution in [1.82, 2.24) is 9.97 Å². The van der Waals surface area contributed by atoms with E-state index in [1.165, 1.54) is 11.1 Å². The molecule has 1 fully saturated rings. The SMILES string of the molecule is COc1cc2c(cc1OC)C1(CCN(c3ncnc(C)c3C)CC1)OCC2. The Morgan fingerprint density at radius 3 is 2.44 bits per heavy atom. The van der Waals surface area contributed by atoms with Crippen molar-refractivity contribution in [2.24, 2.45) is 0 Å². The second-order valence-corrected chi connectivity index (χ2v) is 7.35. The summed E-state index contributed by atoms with van der Waals surface area (Å²) in [6, 6.07) is 4.23. The standard InChI is InChI=1S/C21H27N3O3/c1-14-15(2)22-13-23-20(14)24-8-6-21(7-9-24)17-12-19(26-4)18(25-3)11-16(17)5-10-27-21/h11-13H,5-10H2,1-4H3. The molecule has 0 unspecified atom stereocenters. The number of ether oxygens (including phenoxy) is 3. The number of rotatable bonds is 3. The van der Waals surface area contributed by atoms with Gasteiger partial charge in [0.25, 0.3) is 0 Å². The zero-order chi connectivity index (χ0) is 19.0. The molecule has 1 aromatic heterocycles. The fraction of sp³-hybridized carbons (Fsp3) is 0.524. The van der Waals surface area contributed by atoms with E-state index in [0.717, 1.165) is 67.5 Å². The maximum Gasteiger partial charge on any atom is 0.161 e. The number of nitrogens with zero attached hydrogens (tertiary/aromatic N) is 3. The normalized spacial score (nSPS) is 18.3. The molecule has 2 aromatic rings. The van der Waals surface area contributed by atoms with Gasteiger partial charge in [-0.3, -0.25) is 0 Å². The Bertz CT molecular complexity index is 845. The van der Waals surface area contributed by atoms with Crippen LogP contribution in [0.4, 0.5) is 5.82 Å². The second-order valence-electron chi connectivity index (χ2n) is 7.35. The minimum Gasteiger partial charge on any atom is -0.493 e. The van der Waals surface area contributed by atoms with Gasteiger partial charge in [-0.1, -0.05) is 0 Å². The molecule has 0 saturated carbocycles. The zero-order valence-electron chi connectivity index (χ0n) is 16.5. The highest BCUT2D eigenvalue weighted by Crippen LogP contribution is 2.45. The maximum atomic E-state index is 6.39. The van der Waals surface area contributed by atoms with Crippen molar-refractivity contribution < 1.29 is 14.2 Å². The Morgan fingerprint density at radius 1 is 1.04 bits per heavy atom. The Morgan fingerprint density at radius 2 is 1.74 bits per heavy atom. The fourth-order valence-electron chi connectivity index (χ4n) is 4.32. The first kappa shape index (κ1) is 18.0. The number of piperidine rings is 1. The molecule has 1 aromatic carbocycles. The van der Waals surface area contributed by atoms with Crippen LogP contribution in [0.2, 0.25) is 0 Å². The van der Waals surface area contributed by atoms with Crippen molar-refractivity contribution in [2.75, 3.05) is 38.8 Å². The van der Waals surface area contributed by atoms with E-state index in [9.17, 15) is 0 Å². The predicted molar refractivity (Wildman–Crippen MR) is 104 cm³/mol. The van der Waals surface area contributed by atoms with E-state index in [1.54, 1.807) is 20.5 Å². The number of methoxy groups -OCH3 is 2. The monoisotopic (exact) mass is 369 g/mol. The van der Waals surface area contributed by atoms with Crippen LogP contribution < -0.4 is 14.4 Å². The van der Waals surface area contributed by atoms with Crippen LogP contribution in [0.5, 0.6) is 11.5 Å². The van der Waals surface area contributed by atoms with Crippen LogP contribution in [-0.4, -0.2) is 43.9 Å². The summed E-state index contributed by atoms with van der Waals surface area (Å²) in [5, 5.41) is 0. The van der Waals surface area contributed by atoms with E-state index in [2.05, 4.69) is 33.9 Å². The summed E-state index contributed by atoms with van der Waals surface area (Å²) in [6.45, 7) is 6.69. The van der Waals surface area contributed by atoms with Gasteiger partial charge in [-0.25, -0.2) is 9.97 Å². The van der Waals surface area contributed by atoms with Gasteiger partial charge in [-0.2, -0.15) is 0 Å². The average molecular weight is 369 g/mol.